The second-order valence-electron chi connectivity index (χ2n) is 8.86. The van der Waals surface area contributed by atoms with Crippen LogP contribution in [0.1, 0.15) is 38.7 Å². The SMILES string of the molecule is CC(C)N1CCCN(C(=O)C2CCN(c3ccc(C#N)c4ccccc34)CC2)CC1. The molecule has 0 bridgehead atoms. The summed E-state index contributed by atoms with van der Waals surface area (Å²) in [5, 5.41) is 11.6. The van der Waals surface area contributed by atoms with Crippen molar-refractivity contribution in [2.75, 3.05) is 44.2 Å². The number of nitrogens with zero attached hydrogens (tertiary/aromatic N) is 4. The molecule has 2 aliphatic rings. The molecule has 5 heteroatoms. The summed E-state index contributed by atoms with van der Waals surface area (Å²) in [6, 6.07) is 15.0. The van der Waals surface area contributed by atoms with E-state index < -0.39 is 0 Å². The molecule has 0 unspecified atom stereocenters. The van der Waals surface area contributed by atoms with Gasteiger partial charge in [-0.3, -0.25) is 9.69 Å². The first kappa shape index (κ1) is 20.7. The van der Waals surface area contributed by atoms with Crippen LogP contribution < -0.4 is 4.90 Å². The lowest BCUT2D eigenvalue weighted by atomic mass is 9.93. The largest absolute Gasteiger partial charge is 0.371 e. The van der Waals surface area contributed by atoms with Gasteiger partial charge in [0.05, 0.1) is 11.6 Å². The second kappa shape index (κ2) is 9.06. The predicted octanol–water partition coefficient (Wildman–Crippen LogP) is 3.87. The van der Waals surface area contributed by atoms with E-state index in [1.807, 2.05) is 24.3 Å². The molecule has 1 amide bonds. The second-order valence-corrected chi connectivity index (χ2v) is 8.86. The molecule has 5 nitrogen and oxygen atoms in total. The summed E-state index contributed by atoms with van der Waals surface area (Å²) < 4.78 is 0. The molecule has 0 atom stereocenters. The van der Waals surface area contributed by atoms with Crippen molar-refractivity contribution < 1.29 is 4.79 Å². The summed E-state index contributed by atoms with van der Waals surface area (Å²) in [6.07, 6.45) is 2.87. The number of benzene rings is 2. The fourth-order valence-electron chi connectivity index (χ4n) is 4.96. The molecule has 0 radical (unpaired) electrons. The van der Waals surface area contributed by atoms with Crippen LogP contribution in [0.25, 0.3) is 10.8 Å². The van der Waals surface area contributed by atoms with Crippen molar-refractivity contribution in [3.63, 3.8) is 0 Å². The van der Waals surface area contributed by atoms with Crippen LogP contribution in [0.4, 0.5) is 5.69 Å². The van der Waals surface area contributed by atoms with E-state index in [-0.39, 0.29) is 5.92 Å². The van der Waals surface area contributed by atoms with E-state index in [1.165, 1.54) is 5.69 Å². The van der Waals surface area contributed by atoms with E-state index in [0.29, 0.717) is 11.9 Å². The van der Waals surface area contributed by atoms with Crippen LogP contribution in [0, 0.1) is 17.2 Å². The van der Waals surface area contributed by atoms with E-state index in [1.54, 1.807) is 0 Å². The zero-order valence-corrected chi connectivity index (χ0v) is 18.2. The van der Waals surface area contributed by atoms with Crippen LogP contribution in [0.15, 0.2) is 36.4 Å². The van der Waals surface area contributed by atoms with Crippen molar-refractivity contribution in [3.8, 4) is 6.07 Å². The molecule has 0 aliphatic carbocycles. The highest BCUT2D eigenvalue weighted by Crippen LogP contribution is 2.32. The Balaban J connectivity index is 1.42. The molecule has 2 fully saturated rings. The molecular formula is C25H32N4O. The molecular weight excluding hydrogens is 372 g/mol. The number of rotatable bonds is 3. The summed E-state index contributed by atoms with van der Waals surface area (Å²) in [7, 11) is 0. The van der Waals surface area contributed by atoms with Crippen molar-refractivity contribution >= 4 is 22.4 Å². The number of fused-ring (bicyclic) bond motifs is 1. The maximum Gasteiger partial charge on any atom is 0.225 e. The van der Waals surface area contributed by atoms with E-state index >= 15 is 0 Å². The number of piperidine rings is 1. The fourth-order valence-corrected chi connectivity index (χ4v) is 4.96. The van der Waals surface area contributed by atoms with Gasteiger partial charge in [0, 0.05) is 67.7 Å². The Morgan fingerprint density at radius 1 is 0.967 bits per heavy atom. The monoisotopic (exact) mass is 404 g/mol. The maximum absolute atomic E-state index is 13.2. The molecule has 2 heterocycles. The molecule has 0 aromatic heterocycles. The van der Waals surface area contributed by atoms with Crippen LogP contribution in [0.5, 0.6) is 0 Å². The van der Waals surface area contributed by atoms with Crippen LogP contribution in [0.2, 0.25) is 0 Å². The summed E-state index contributed by atoms with van der Waals surface area (Å²) >= 11 is 0. The summed E-state index contributed by atoms with van der Waals surface area (Å²) in [5.41, 5.74) is 1.90. The number of carbonyl (C=O) groups excluding carboxylic acids is 1. The minimum absolute atomic E-state index is 0.136. The zero-order chi connectivity index (χ0) is 21.1. The third-order valence-electron chi connectivity index (χ3n) is 6.78. The first-order valence-corrected chi connectivity index (χ1v) is 11.3. The van der Waals surface area contributed by atoms with Crippen LogP contribution in [-0.2, 0) is 4.79 Å². The topological polar surface area (TPSA) is 50.6 Å². The van der Waals surface area contributed by atoms with Crippen LogP contribution in [0.3, 0.4) is 0 Å². The molecule has 30 heavy (non-hydrogen) atoms. The van der Waals surface area contributed by atoms with Gasteiger partial charge in [-0.1, -0.05) is 24.3 Å². The first-order valence-electron chi connectivity index (χ1n) is 11.3. The summed E-state index contributed by atoms with van der Waals surface area (Å²) in [5.74, 6) is 0.487. The molecule has 2 saturated heterocycles. The van der Waals surface area contributed by atoms with Gasteiger partial charge >= 0.3 is 0 Å². The predicted molar refractivity (Wildman–Crippen MR) is 122 cm³/mol. The van der Waals surface area contributed by atoms with E-state index in [9.17, 15) is 10.1 Å². The normalized spacial score (nSPS) is 19.1. The third kappa shape index (κ3) is 4.15. The van der Waals surface area contributed by atoms with Gasteiger partial charge in [0.2, 0.25) is 5.91 Å². The van der Waals surface area contributed by atoms with Gasteiger partial charge in [-0.05, 0) is 45.2 Å². The number of hydrogen-bond acceptors (Lipinski definition) is 4. The van der Waals surface area contributed by atoms with Gasteiger partial charge in [-0.15, -0.1) is 0 Å². The maximum atomic E-state index is 13.2. The van der Waals surface area contributed by atoms with Crippen LogP contribution in [-0.4, -0.2) is 61.0 Å². The Bertz CT molecular complexity index is 940. The number of amides is 1. The van der Waals surface area contributed by atoms with Gasteiger partial charge in [-0.25, -0.2) is 0 Å². The molecule has 4 rings (SSSR count). The molecule has 0 saturated carbocycles. The zero-order valence-electron chi connectivity index (χ0n) is 18.2. The highest BCUT2D eigenvalue weighted by atomic mass is 16.2. The third-order valence-corrected chi connectivity index (χ3v) is 6.78. The highest BCUT2D eigenvalue weighted by molar-refractivity contribution is 5.98. The molecule has 158 valence electrons. The lowest BCUT2D eigenvalue weighted by Crippen LogP contribution is -2.44. The van der Waals surface area contributed by atoms with E-state index in [4.69, 9.17) is 0 Å². The number of anilines is 1. The van der Waals surface area contributed by atoms with Gasteiger partial charge in [0.25, 0.3) is 0 Å². The smallest absolute Gasteiger partial charge is 0.225 e. The molecule has 0 spiro atoms. The molecule has 2 aliphatic heterocycles. The fraction of sp³-hybridized carbons (Fsp3) is 0.520. The Hall–Kier alpha value is -2.58. The first-order chi connectivity index (χ1) is 14.6. The standard InChI is InChI=1S/C25H32N4O/c1-19(2)27-12-5-13-29(17-16-27)25(30)20-10-14-28(15-11-20)24-9-8-21(18-26)22-6-3-4-7-23(22)24/h3-4,6-9,19-20H,5,10-17H2,1-2H3. The summed E-state index contributed by atoms with van der Waals surface area (Å²) in [4.78, 5) is 20.1. The lowest BCUT2D eigenvalue weighted by molar-refractivity contribution is -0.136. The number of nitriles is 1. The Morgan fingerprint density at radius 2 is 1.70 bits per heavy atom. The van der Waals surface area contributed by atoms with Crippen molar-refractivity contribution in [1.29, 1.82) is 5.26 Å². The van der Waals surface area contributed by atoms with Gasteiger partial charge in [0.15, 0.2) is 0 Å². The van der Waals surface area contributed by atoms with Crippen molar-refractivity contribution in [1.82, 2.24) is 9.80 Å². The van der Waals surface area contributed by atoms with Crippen molar-refractivity contribution in [3.05, 3.63) is 42.0 Å². The van der Waals surface area contributed by atoms with Gasteiger partial charge in [0.1, 0.15) is 0 Å². The minimum Gasteiger partial charge on any atom is -0.371 e. The van der Waals surface area contributed by atoms with Crippen LogP contribution >= 0.6 is 0 Å². The summed E-state index contributed by atoms with van der Waals surface area (Å²) in [6.45, 7) is 10.1. The van der Waals surface area contributed by atoms with Crippen molar-refractivity contribution in [2.45, 2.75) is 39.2 Å². The van der Waals surface area contributed by atoms with Gasteiger partial charge < -0.3 is 9.80 Å². The Morgan fingerprint density at radius 3 is 2.40 bits per heavy atom. The minimum atomic E-state index is 0.136. The molecule has 0 N–H and O–H groups in total. The average Bonchev–Trinajstić information content (AvgIpc) is 3.04. The Kier molecular flexibility index (Phi) is 6.24. The number of hydrogen-bond donors (Lipinski definition) is 0. The van der Waals surface area contributed by atoms with E-state index in [2.05, 4.69) is 46.7 Å². The quantitative estimate of drug-likeness (QED) is 0.779. The molecule has 2 aromatic carbocycles. The highest BCUT2D eigenvalue weighted by Gasteiger charge is 2.30. The number of carbonyl (C=O) groups is 1. The van der Waals surface area contributed by atoms with E-state index in [0.717, 1.165) is 74.9 Å². The van der Waals surface area contributed by atoms with Crippen molar-refractivity contribution in [2.24, 2.45) is 5.92 Å². The molecule has 2 aromatic rings. The Labute approximate surface area is 179 Å². The van der Waals surface area contributed by atoms with Gasteiger partial charge in [-0.2, -0.15) is 5.26 Å². The lowest BCUT2D eigenvalue weighted by Gasteiger charge is -2.36. The average molecular weight is 405 g/mol.